The lowest BCUT2D eigenvalue weighted by Gasteiger charge is -2.29. The van der Waals surface area contributed by atoms with Gasteiger partial charge in [-0.15, -0.1) is 0 Å². The molecule has 1 saturated heterocycles. The number of rotatable bonds is 2. The maximum absolute atomic E-state index is 4.44. The first kappa shape index (κ1) is 10.7. The van der Waals surface area contributed by atoms with Gasteiger partial charge in [-0.05, 0) is 24.8 Å². The number of nitrogens with zero attached hydrogens (tertiary/aromatic N) is 2. The van der Waals surface area contributed by atoms with Crippen LogP contribution in [0.1, 0.15) is 37.6 Å². The number of aromatic nitrogens is 2. The number of hydrogen-bond acceptors (Lipinski definition) is 2. The Morgan fingerprint density at radius 3 is 2.93 bits per heavy atom. The molecular formula is C12H21N3. The standard InChI is InChI=1S/C12H21N3/c1-5-12(3)8-13-7-10(12)11-6-9(2)14-15(11)4/h6,10,13H,5,7-8H2,1-4H3/t10-,12-/m0/s1. The molecule has 2 heterocycles. The van der Waals surface area contributed by atoms with Crippen molar-refractivity contribution in [2.24, 2.45) is 12.5 Å². The predicted molar refractivity (Wildman–Crippen MR) is 62.0 cm³/mol. The monoisotopic (exact) mass is 207 g/mol. The normalized spacial score (nSPS) is 31.1. The molecule has 0 amide bonds. The van der Waals surface area contributed by atoms with Gasteiger partial charge in [-0.3, -0.25) is 4.68 Å². The molecule has 1 N–H and O–H groups in total. The maximum Gasteiger partial charge on any atom is 0.0596 e. The van der Waals surface area contributed by atoms with E-state index < -0.39 is 0 Å². The molecule has 0 aromatic carbocycles. The molecule has 1 aromatic rings. The van der Waals surface area contributed by atoms with E-state index in [2.05, 4.69) is 44.3 Å². The molecule has 3 heteroatoms. The summed E-state index contributed by atoms with van der Waals surface area (Å²) >= 11 is 0. The van der Waals surface area contributed by atoms with Gasteiger partial charge >= 0.3 is 0 Å². The van der Waals surface area contributed by atoms with Crippen LogP contribution in [0.5, 0.6) is 0 Å². The lowest BCUT2D eigenvalue weighted by Crippen LogP contribution is -2.25. The van der Waals surface area contributed by atoms with Crippen LogP contribution in [-0.2, 0) is 7.05 Å². The summed E-state index contributed by atoms with van der Waals surface area (Å²) in [6.07, 6.45) is 1.22. The third kappa shape index (κ3) is 1.69. The minimum Gasteiger partial charge on any atom is -0.315 e. The molecule has 0 aliphatic carbocycles. The molecule has 15 heavy (non-hydrogen) atoms. The van der Waals surface area contributed by atoms with Crippen LogP contribution in [0, 0.1) is 12.3 Å². The second kappa shape index (κ2) is 3.63. The molecule has 0 unspecified atom stereocenters. The van der Waals surface area contributed by atoms with E-state index in [-0.39, 0.29) is 0 Å². The highest BCUT2D eigenvalue weighted by molar-refractivity contribution is 5.19. The highest BCUT2D eigenvalue weighted by Crippen LogP contribution is 2.41. The van der Waals surface area contributed by atoms with Gasteiger partial charge in [0, 0.05) is 31.7 Å². The summed E-state index contributed by atoms with van der Waals surface area (Å²) in [5, 5.41) is 7.95. The average molecular weight is 207 g/mol. The van der Waals surface area contributed by atoms with Gasteiger partial charge in [0.2, 0.25) is 0 Å². The van der Waals surface area contributed by atoms with Crippen molar-refractivity contribution >= 4 is 0 Å². The van der Waals surface area contributed by atoms with Crippen LogP contribution in [0.25, 0.3) is 0 Å². The second-order valence-electron chi connectivity index (χ2n) is 5.03. The van der Waals surface area contributed by atoms with E-state index >= 15 is 0 Å². The Morgan fingerprint density at radius 1 is 1.67 bits per heavy atom. The molecule has 2 rings (SSSR count). The summed E-state index contributed by atoms with van der Waals surface area (Å²) in [5.74, 6) is 0.605. The molecule has 0 spiro atoms. The maximum atomic E-state index is 4.44. The van der Waals surface area contributed by atoms with E-state index in [1.54, 1.807) is 0 Å². The van der Waals surface area contributed by atoms with Gasteiger partial charge in [-0.25, -0.2) is 0 Å². The Kier molecular flexibility index (Phi) is 2.59. The zero-order valence-corrected chi connectivity index (χ0v) is 10.2. The molecule has 0 bridgehead atoms. The summed E-state index contributed by atoms with van der Waals surface area (Å²) in [4.78, 5) is 0. The summed E-state index contributed by atoms with van der Waals surface area (Å²) in [5.41, 5.74) is 2.89. The molecular weight excluding hydrogens is 186 g/mol. The van der Waals surface area contributed by atoms with Crippen molar-refractivity contribution < 1.29 is 0 Å². The fourth-order valence-corrected chi connectivity index (χ4v) is 2.66. The molecule has 2 atom stereocenters. The highest BCUT2D eigenvalue weighted by Gasteiger charge is 2.39. The SMILES string of the molecule is CC[C@@]1(C)CNC[C@H]1c1cc(C)nn1C. The first-order valence-corrected chi connectivity index (χ1v) is 5.78. The van der Waals surface area contributed by atoms with Gasteiger partial charge in [0.1, 0.15) is 0 Å². The molecule has 1 aliphatic rings. The highest BCUT2D eigenvalue weighted by atomic mass is 15.3. The summed E-state index contributed by atoms with van der Waals surface area (Å²) in [7, 11) is 2.05. The molecule has 1 fully saturated rings. The first-order chi connectivity index (χ1) is 7.07. The Labute approximate surface area is 91.9 Å². The van der Waals surface area contributed by atoms with Crippen molar-refractivity contribution in [3.05, 3.63) is 17.5 Å². The van der Waals surface area contributed by atoms with Crippen molar-refractivity contribution in [3.8, 4) is 0 Å². The molecule has 0 saturated carbocycles. The van der Waals surface area contributed by atoms with Crippen molar-refractivity contribution in [3.63, 3.8) is 0 Å². The van der Waals surface area contributed by atoms with Crippen LogP contribution in [0.4, 0.5) is 0 Å². The van der Waals surface area contributed by atoms with Gasteiger partial charge in [0.15, 0.2) is 0 Å². The third-order valence-electron chi connectivity index (χ3n) is 3.92. The molecule has 0 radical (unpaired) electrons. The van der Waals surface area contributed by atoms with E-state index in [1.807, 2.05) is 4.68 Å². The Hall–Kier alpha value is -0.830. The largest absolute Gasteiger partial charge is 0.315 e. The van der Waals surface area contributed by atoms with Gasteiger partial charge in [-0.1, -0.05) is 13.8 Å². The van der Waals surface area contributed by atoms with Crippen LogP contribution in [0.3, 0.4) is 0 Å². The van der Waals surface area contributed by atoms with Crippen molar-refractivity contribution in [2.75, 3.05) is 13.1 Å². The van der Waals surface area contributed by atoms with Crippen LogP contribution in [-0.4, -0.2) is 22.9 Å². The van der Waals surface area contributed by atoms with Gasteiger partial charge in [0.25, 0.3) is 0 Å². The van der Waals surface area contributed by atoms with E-state index in [0.717, 1.165) is 18.8 Å². The molecule has 84 valence electrons. The van der Waals surface area contributed by atoms with E-state index in [0.29, 0.717) is 11.3 Å². The van der Waals surface area contributed by atoms with Gasteiger partial charge in [-0.2, -0.15) is 5.10 Å². The van der Waals surface area contributed by atoms with E-state index in [9.17, 15) is 0 Å². The van der Waals surface area contributed by atoms with E-state index in [1.165, 1.54) is 12.1 Å². The topological polar surface area (TPSA) is 29.9 Å². The number of nitrogens with one attached hydrogen (secondary N) is 1. The van der Waals surface area contributed by atoms with Crippen LogP contribution >= 0.6 is 0 Å². The Bertz CT molecular complexity index is 356. The molecule has 1 aliphatic heterocycles. The minimum absolute atomic E-state index is 0.389. The first-order valence-electron chi connectivity index (χ1n) is 5.78. The fourth-order valence-electron chi connectivity index (χ4n) is 2.66. The van der Waals surface area contributed by atoms with E-state index in [4.69, 9.17) is 0 Å². The smallest absolute Gasteiger partial charge is 0.0596 e. The Balaban J connectivity index is 2.34. The lowest BCUT2D eigenvalue weighted by atomic mass is 9.76. The minimum atomic E-state index is 0.389. The lowest BCUT2D eigenvalue weighted by molar-refractivity contribution is 0.299. The predicted octanol–water partition coefficient (Wildman–Crippen LogP) is 1.83. The fraction of sp³-hybridized carbons (Fsp3) is 0.750. The second-order valence-corrected chi connectivity index (χ2v) is 5.03. The van der Waals surface area contributed by atoms with Crippen molar-refractivity contribution in [1.29, 1.82) is 0 Å². The molecule has 1 aromatic heterocycles. The summed E-state index contributed by atoms with van der Waals surface area (Å²) in [6, 6.07) is 2.23. The van der Waals surface area contributed by atoms with Crippen molar-refractivity contribution in [2.45, 2.75) is 33.1 Å². The number of hydrogen-bond donors (Lipinski definition) is 1. The summed E-state index contributed by atoms with van der Waals surface area (Å²) in [6.45, 7) is 8.93. The third-order valence-corrected chi connectivity index (χ3v) is 3.92. The quantitative estimate of drug-likeness (QED) is 0.802. The zero-order valence-electron chi connectivity index (χ0n) is 10.2. The van der Waals surface area contributed by atoms with Crippen LogP contribution in [0.2, 0.25) is 0 Å². The van der Waals surface area contributed by atoms with Crippen LogP contribution in [0.15, 0.2) is 6.07 Å². The van der Waals surface area contributed by atoms with Gasteiger partial charge in [0.05, 0.1) is 5.69 Å². The zero-order chi connectivity index (χ0) is 11.1. The number of aryl methyl sites for hydroxylation is 2. The summed E-state index contributed by atoms with van der Waals surface area (Å²) < 4.78 is 2.04. The Morgan fingerprint density at radius 2 is 2.40 bits per heavy atom. The van der Waals surface area contributed by atoms with Gasteiger partial charge < -0.3 is 5.32 Å². The molecule has 3 nitrogen and oxygen atoms in total. The van der Waals surface area contributed by atoms with Crippen molar-refractivity contribution in [1.82, 2.24) is 15.1 Å². The average Bonchev–Trinajstić information content (AvgIpc) is 2.70. The van der Waals surface area contributed by atoms with Crippen LogP contribution < -0.4 is 5.32 Å².